The fourth-order valence-electron chi connectivity index (χ4n) is 1.17. The van der Waals surface area contributed by atoms with E-state index in [2.05, 4.69) is 49.2 Å². The Morgan fingerprint density at radius 3 is 2.77 bits per heavy atom. The molecule has 0 bridgehead atoms. The summed E-state index contributed by atoms with van der Waals surface area (Å²) in [4.78, 5) is 0. The van der Waals surface area contributed by atoms with Crippen molar-refractivity contribution < 1.29 is 0 Å². The molecular formula is C12H15N. The first-order valence-electron chi connectivity index (χ1n) is 4.45. The Kier molecular flexibility index (Phi) is 3.40. The van der Waals surface area contributed by atoms with Gasteiger partial charge in [0, 0.05) is 5.69 Å². The highest BCUT2D eigenvalue weighted by Gasteiger charge is 1.97. The maximum absolute atomic E-state index is 3.28. The van der Waals surface area contributed by atoms with Gasteiger partial charge in [0.2, 0.25) is 0 Å². The van der Waals surface area contributed by atoms with E-state index in [1.165, 1.54) is 16.8 Å². The van der Waals surface area contributed by atoms with Gasteiger partial charge in [-0.15, -0.1) is 5.92 Å². The van der Waals surface area contributed by atoms with Crippen LogP contribution < -0.4 is 5.32 Å². The number of anilines is 1. The van der Waals surface area contributed by atoms with Gasteiger partial charge in [-0.05, 0) is 38.0 Å². The van der Waals surface area contributed by atoms with Gasteiger partial charge in [0.25, 0.3) is 0 Å². The zero-order chi connectivity index (χ0) is 9.68. The molecule has 0 saturated carbocycles. The molecule has 1 N–H and O–H groups in total. The minimum Gasteiger partial charge on any atom is -0.374 e. The molecule has 0 aliphatic rings. The minimum atomic E-state index is 0.723. The molecule has 1 aromatic rings. The quantitative estimate of drug-likeness (QED) is 0.678. The Hall–Kier alpha value is -1.42. The fourth-order valence-corrected chi connectivity index (χ4v) is 1.17. The van der Waals surface area contributed by atoms with E-state index < -0.39 is 0 Å². The van der Waals surface area contributed by atoms with E-state index in [4.69, 9.17) is 0 Å². The van der Waals surface area contributed by atoms with Gasteiger partial charge in [0.1, 0.15) is 0 Å². The maximum Gasteiger partial charge on any atom is 0.0765 e. The van der Waals surface area contributed by atoms with Gasteiger partial charge < -0.3 is 5.32 Å². The van der Waals surface area contributed by atoms with Crippen molar-refractivity contribution in [2.24, 2.45) is 0 Å². The average Bonchev–Trinajstić information content (AvgIpc) is 2.13. The van der Waals surface area contributed by atoms with Crippen LogP contribution in [0.1, 0.15) is 18.1 Å². The van der Waals surface area contributed by atoms with Crippen LogP contribution in [0.2, 0.25) is 0 Å². The first kappa shape index (κ1) is 9.67. The van der Waals surface area contributed by atoms with E-state index in [0.29, 0.717) is 0 Å². The zero-order valence-corrected chi connectivity index (χ0v) is 8.44. The Morgan fingerprint density at radius 2 is 2.08 bits per heavy atom. The molecule has 0 aliphatic heterocycles. The van der Waals surface area contributed by atoms with Crippen LogP contribution in [0.15, 0.2) is 18.2 Å². The summed E-state index contributed by atoms with van der Waals surface area (Å²) < 4.78 is 0. The highest BCUT2D eigenvalue weighted by Crippen LogP contribution is 2.17. The lowest BCUT2D eigenvalue weighted by atomic mass is 10.1. The molecule has 1 aromatic carbocycles. The smallest absolute Gasteiger partial charge is 0.0765 e. The third kappa shape index (κ3) is 2.52. The Balaban J connectivity index is 2.75. The van der Waals surface area contributed by atoms with E-state index in [-0.39, 0.29) is 0 Å². The van der Waals surface area contributed by atoms with E-state index in [1.54, 1.807) is 0 Å². The molecule has 13 heavy (non-hydrogen) atoms. The predicted molar refractivity (Wildman–Crippen MR) is 57.9 cm³/mol. The monoisotopic (exact) mass is 173 g/mol. The molecule has 0 aliphatic carbocycles. The van der Waals surface area contributed by atoms with Crippen LogP contribution >= 0.6 is 0 Å². The number of nitrogens with one attached hydrogen (secondary N) is 1. The second kappa shape index (κ2) is 4.57. The van der Waals surface area contributed by atoms with Crippen molar-refractivity contribution in [1.82, 2.24) is 0 Å². The Bertz CT molecular complexity index is 342. The fraction of sp³-hybridized carbons (Fsp3) is 0.333. The number of hydrogen-bond acceptors (Lipinski definition) is 1. The average molecular weight is 173 g/mol. The highest BCUT2D eigenvalue weighted by atomic mass is 14.9. The summed E-state index contributed by atoms with van der Waals surface area (Å²) in [6.07, 6.45) is 0. The topological polar surface area (TPSA) is 12.0 Å². The molecule has 1 nitrogen and oxygen atoms in total. The highest BCUT2D eigenvalue weighted by molar-refractivity contribution is 5.54. The summed E-state index contributed by atoms with van der Waals surface area (Å²) >= 11 is 0. The molecule has 0 amide bonds. The van der Waals surface area contributed by atoms with Crippen molar-refractivity contribution in [2.75, 3.05) is 11.9 Å². The number of hydrogen-bond donors (Lipinski definition) is 1. The molecule has 68 valence electrons. The molecular weight excluding hydrogens is 158 g/mol. The van der Waals surface area contributed by atoms with Gasteiger partial charge in [-0.1, -0.05) is 18.1 Å². The summed E-state index contributed by atoms with van der Waals surface area (Å²) in [5.74, 6) is 5.84. The van der Waals surface area contributed by atoms with Crippen LogP contribution in [0.5, 0.6) is 0 Å². The van der Waals surface area contributed by atoms with Crippen molar-refractivity contribution >= 4 is 5.69 Å². The van der Waals surface area contributed by atoms with E-state index in [9.17, 15) is 0 Å². The molecule has 1 rings (SSSR count). The van der Waals surface area contributed by atoms with E-state index in [1.807, 2.05) is 6.92 Å². The Labute approximate surface area is 80.2 Å². The van der Waals surface area contributed by atoms with E-state index in [0.717, 1.165) is 6.54 Å². The van der Waals surface area contributed by atoms with Gasteiger partial charge >= 0.3 is 0 Å². The third-order valence-electron chi connectivity index (χ3n) is 2.15. The van der Waals surface area contributed by atoms with Crippen LogP contribution in [0, 0.1) is 25.7 Å². The SMILES string of the molecule is CC#CCNc1cccc(C)c1C. The van der Waals surface area contributed by atoms with Crippen molar-refractivity contribution in [3.05, 3.63) is 29.3 Å². The third-order valence-corrected chi connectivity index (χ3v) is 2.15. The maximum atomic E-state index is 3.28. The van der Waals surface area contributed by atoms with Crippen LogP contribution in [0.4, 0.5) is 5.69 Å². The molecule has 0 heterocycles. The Morgan fingerprint density at radius 1 is 1.31 bits per heavy atom. The van der Waals surface area contributed by atoms with Crippen molar-refractivity contribution in [3.8, 4) is 11.8 Å². The number of aryl methyl sites for hydroxylation is 1. The molecule has 0 radical (unpaired) electrons. The van der Waals surface area contributed by atoms with Crippen LogP contribution in [-0.2, 0) is 0 Å². The summed E-state index contributed by atoms with van der Waals surface area (Å²) in [5, 5.41) is 3.28. The summed E-state index contributed by atoms with van der Waals surface area (Å²) in [5.41, 5.74) is 3.80. The van der Waals surface area contributed by atoms with Gasteiger partial charge in [-0.2, -0.15) is 0 Å². The second-order valence-corrected chi connectivity index (χ2v) is 3.03. The summed E-state index contributed by atoms with van der Waals surface area (Å²) in [7, 11) is 0. The van der Waals surface area contributed by atoms with Crippen LogP contribution in [0.25, 0.3) is 0 Å². The van der Waals surface area contributed by atoms with Gasteiger partial charge in [-0.3, -0.25) is 0 Å². The normalized spacial score (nSPS) is 8.85. The zero-order valence-electron chi connectivity index (χ0n) is 8.44. The number of rotatable bonds is 2. The van der Waals surface area contributed by atoms with Gasteiger partial charge in [0.15, 0.2) is 0 Å². The minimum absolute atomic E-state index is 0.723. The molecule has 0 saturated heterocycles. The summed E-state index contributed by atoms with van der Waals surface area (Å²) in [6.45, 7) is 6.81. The van der Waals surface area contributed by atoms with Crippen LogP contribution in [-0.4, -0.2) is 6.54 Å². The lowest BCUT2D eigenvalue weighted by molar-refractivity contribution is 1.28. The molecule has 0 spiro atoms. The molecule has 0 atom stereocenters. The second-order valence-electron chi connectivity index (χ2n) is 3.03. The molecule has 0 fully saturated rings. The van der Waals surface area contributed by atoms with Crippen molar-refractivity contribution in [1.29, 1.82) is 0 Å². The lowest BCUT2D eigenvalue weighted by Crippen LogP contribution is -2.01. The van der Waals surface area contributed by atoms with Gasteiger partial charge in [0.05, 0.1) is 6.54 Å². The predicted octanol–water partition coefficient (Wildman–Crippen LogP) is 2.74. The van der Waals surface area contributed by atoms with Crippen molar-refractivity contribution in [2.45, 2.75) is 20.8 Å². The largest absolute Gasteiger partial charge is 0.374 e. The lowest BCUT2D eigenvalue weighted by Gasteiger charge is -2.08. The standard InChI is InChI=1S/C12H15N/c1-4-5-9-13-12-8-6-7-10(2)11(12)3/h6-8,13H,9H2,1-3H3. The van der Waals surface area contributed by atoms with Crippen molar-refractivity contribution in [3.63, 3.8) is 0 Å². The molecule has 1 heteroatoms. The molecule has 0 aromatic heterocycles. The molecule has 0 unspecified atom stereocenters. The first-order valence-corrected chi connectivity index (χ1v) is 4.45. The first-order chi connectivity index (χ1) is 6.25. The summed E-state index contributed by atoms with van der Waals surface area (Å²) in [6, 6.07) is 6.26. The van der Waals surface area contributed by atoms with E-state index >= 15 is 0 Å². The van der Waals surface area contributed by atoms with Gasteiger partial charge in [-0.25, -0.2) is 0 Å². The van der Waals surface area contributed by atoms with Crippen LogP contribution in [0.3, 0.4) is 0 Å². The number of benzene rings is 1.